The lowest BCUT2D eigenvalue weighted by Gasteiger charge is -1.99. The first-order chi connectivity index (χ1) is 5.22. The molecule has 0 aliphatic heterocycles. The largest absolute Gasteiger partial charge is 0.499 e. The molecule has 0 rings (SSSR count). The second-order valence-electron chi connectivity index (χ2n) is 1.96. The van der Waals surface area contributed by atoms with Crippen molar-refractivity contribution in [3.8, 4) is 0 Å². The van der Waals surface area contributed by atoms with Gasteiger partial charge in [-0.3, -0.25) is 0 Å². The van der Waals surface area contributed by atoms with Crippen LogP contribution >= 0.6 is 12.4 Å². The van der Waals surface area contributed by atoms with E-state index in [1.54, 1.807) is 6.92 Å². The molecule has 0 atom stereocenters. The summed E-state index contributed by atoms with van der Waals surface area (Å²) in [6, 6.07) is 0. The van der Waals surface area contributed by atoms with Crippen molar-refractivity contribution in [1.29, 1.82) is 0 Å². The topological polar surface area (TPSA) is 72.5 Å². The Hall–Kier alpha value is -0.740. The minimum absolute atomic E-state index is 0. The van der Waals surface area contributed by atoms with Crippen LogP contribution in [-0.2, 0) is 9.53 Å². The first kappa shape index (κ1) is 13.8. The number of hydrogen-bond donors (Lipinski definition) is 2. The average molecular weight is 196 g/mol. The molecule has 0 radical (unpaired) electrons. The van der Waals surface area contributed by atoms with Gasteiger partial charge in [-0.1, -0.05) is 6.92 Å². The standard InChI is InChI=1S/C7H13NO3.ClH/c1-2-6(7(9)10)5-11-4-3-8;/h5H,2-4,8H2,1H3,(H,9,10);1H/b6-5-;. The van der Waals surface area contributed by atoms with E-state index in [4.69, 9.17) is 15.6 Å². The van der Waals surface area contributed by atoms with Crippen molar-refractivity contribution in [1.82, 2.24) is 0 Å². The third-order valence-corrected chi connectivity index (χ3v) is 1.12. The van der Waals surface area contributed by atoms with Gasteiger partial charge in [-0.15, -0.1) is 12.4 Å². The van der Waals surface area contributed by atoms with Crippen LogP contribution in [0.5, 0.6) is 0 Å². The van der Waals surface area contributed by atoms with E-state index in [0.717, 1.165) is 0 Å². The number of halogens is 1. The molecule has 5 heteroatoms. The Morgan fingerprint density at radius 2 is 2.25 bits per heavy atom. The molecule has 0 aliphatic rings. The summed E-state index contributed by atoms with van der Waals surface area (Å²) in [5.41, 5.74) is 5.39. The Kier molecular flexibility index (Phi) is 9.63. The third kappa shape index (κ3) is 6.00. The molecule has 0 aromatic rings. The van der Waals surface area contributed by atoms with Crippen molar-refractivity contribution in [2.75, 3.05) is 13.2 Å². The van der Waals surface area contributed by atoms with Gasteiger partial charge < -0.3 is 15.6 Å². The minimum Gasteiger partial charge on any atom is -0.499 e. The van der Waals surface area contributed by atoms with Gasteiger partial charge in [-0.25, -0.2) is 4.79 Å². The highest BCUT2D eigenvalue weighted by molar-refractivity contribution is 5.86. The van der Waals surface area contributed by atoms with E-state index < -0.39 is 5.97 Å². The zero-order valence-electron chi connectivity index (χ0n) is 6.95. The molecule has 0 amide bonds. The van der Waals surface area contributed by atoms with Gasteiger partial charge in [0.1, 0.15) is 0 Å². The fourth-order valence-electron chi connectivity index (χ4n) is 0.513. The molecule has 0 saturated carbocycles. The molecule has 0 heterocycles. The van der Waals surface area contributed by atoms with Crippen molar-refractivity contribution in [2.24, 2.45) is 5.73 Å². The number of rotatable bonds is 5. The van der Waals surface area contributed by atoms with E-state index in [2.05, 4.69) is 0 Å². The van der Waals surface area contributed by atoms with Gasteiger partial charge in [0.2, 0.25) is 0 Å². The van der Waals surface area contributed by atoms with Crippen molar-refractivity contribution in [3.63, 3.8) is 0 Å². The second-order valence-corrected chi connectivity index (χ2v) is 1.96. The number of nitrogens with two attached hydrogens (primary N) is 1. The predicted molar refractivity (Wildman–Crippen MR) is 48.3 cm³/mol. The van der Waals surface area contributed by atoms with Crippen molar-refractivity contribution < 1.29 is 14.6 Å². The average Bonchev–Trinajstić information content (AvgIpc) is 1.97. The molecular formula is C7H14ClNO3. The van der Waals surface area contributed by atoms with Crippen LogP contribution in [0.25, 0.3) is 0 Å². The molecule has 3 N–H and O–H groups in total. The Morgan fingerprint density at radius 1 is 1.67 bits per heavy atom. The summed E-state index contributed by atoms with van der Waals surface area (Å²) in [6.45, 7) is 2.51. The smallest absolute Gasteiger partial charge is 0.334 e. The summed E-state index contributed by atoms with van der Waals surface area (Å²) >= 11 is 0. The summed E-state index contributed by atoms with van der Waals surface area (Å²) in [7, 11) is 0. The number of carbonyl (C=O) groups is 1. The van der Waals surface area contributed by atoms with Gasteiger partial charge in [-0.05, 0) is 6.42 Å². The lowest BCUT2D eigenvalue weighted by atomic mass is 10.2. The number of hydrogen-bond acceptors (Lipinski definition) is 3. The highest BCUT2D eigenvalue weighted by atomic mass is 35.5. The van der Waals surface area contributed by atoms with Crippen molar-refractivity contribution in [2.45, 2.75) is 13.3 Å². The number of carboxylic acid groups (broad SMARTS) is 1. The minimum atomic E-state index is -0.940. The molecular weight excluding hydrogens is 182 g/mol. The Labute approximate surface area is 77.8 Å². The Morgan fingerprint density at radius 3 is 2.58 bits per heavy atom. The number of carboxylic acids is 1. The maximum Gasteiger partial charge on any atom is 0.334 e. The van der Waals surface area contributed by atoms with Gasteiger partial charge >= 0.3 is 5.97 Å². The number of aliphatic carboxylic acids is 1. The summed E-state index contributed by atoms with van der Waals surface area (Å²) in [6.07, 6.45) is 1.70. The van der Waals surface area contributed by atoms with Gasteiger partial charge in [0.05, 0.1) is 18.4 Å². The molecule has 0 aromatic carbocycles. The third-order valence-electron chi connectivity index (χ3n) is 1.12. The number of ether oxygens (including phenoxy) is 1. The highest BCUT2D eigenvalue weighted by Gasteiger charge is 2.02. The van der Waals surface area contributed by atoms with Crippen LogP contribution in [-0.4, -0.2) is 24.2 Å². The Bertz CT molecular complexity index is 159. The Balaban J connectivity index is 0. The van der Waals surface area contributed by atoms with E-state index in [-0.39, 0.29) is 18.0 Å². The first-order valence-corrected chi connectivity index (χ1v) is 3.46. The second kappa shape index (κ2) is 8.36. The fraction of sp³-hybridized carbons (Fsp3) is 0.571. The van der Waals surface area contributed by atoms with E-state index in [1.165, 1.54) is 6.26 Å². The zero-order chi connectivity index (χ0) is 8.69. The maximum absolute atomic E-state index is 10.3. The predicted octanol–water partition coefficient (Wildman–Crippen LogP) is 0.762. The molecule has 0 aromatic heterocycles. The summed E-state index contributed by atoms with van der Waals surface area (Å²) in [5, 5.41) is 8.49. The van der Waals surface area contributed by atoms with Crippen LogP contribution in [0.15, 0.2) is 11.8 Å². The maximum atomic E-state index is 10.3. The highest BCUT2D eigenvalue weighted by Crippen LogP contribution is 1.99. The molecule has 0 aliphatic carbocycles. The fourth-order valence-corrected chi connectivity index (χ4v) is 0.513. The van der Waals surface area contributed by atoms with Crippen LogP contribution in [0.3, 0.4) is 0 Å². The van der Waals surface area contributed by atoms with Crippen LogP contribution in [0.4, 0.5) is 0 Å². The molecule has 12 heavy (non-hydrogen) atoms. The normalized spacial score (nSPS) is 10.3. The van der Waals surface area contributed by atoms with Crippen molar-refractivity contribution >= 4 is 18.4 Å². The summed E-state index contributed by atoms with van der Waals surface area (Å²) < 4.78 is 4.83. The van der Waals surface area contributed by atoms with Crippen molar-refractivity contribution in [3.05, 3.63) is 11.8 Å². The summed E-state index contributed by atoms with van der Waals surface area (Å²) in [5.74, 6) is -0.940. The SMILES string of the molecule is CC/C(=C/OCCN)C(=O)O.Cl. The first-order valence-electron chi connectivity index (χ1n) is 3.46. The van der Waals surface area contributed by atoms with E-state index in [9.17, 15) is 4.79 Å². The molecule has 72 valence electrons. The quantitative estimate of drug-likeness (QED) is 0.386. The van der Waals surface area contributed by atoms with Gasteiger partial charge in [0.15, 0.2) is 0 Å². The molecule has 0 saturated heterocycles. The summed E-state index contributed by atoms with van der Waals surface area (Å²) in [4.78, 5) is 10.3. The van der Waals surface area contributed by atoms with Crippen LogP contribution < -0.4 is 5.73 Å². The molecule has 0 bridgehead atoms. The molecule has 0 spiro atoms. The van der Waals surface area contributed by atoms with Crippen LogP contribution in [0.1, 0.15) is 13.3 Å². The molecule has 0 fully saturated rings. The molecule has 0 unspecified atom stereocenters. The molecule has 4 nitrogen and oxygen atoms in total. The van der Waals surface area contributed by atoms with Gasteiger partial charge in [0.25, 0.3) is 0 Å². The monoisotopic (exact) mass is 195 g/mol. The van der Waals surface area contributed by atoms with Gasteiger partial charge in [-0.2, -0.15) is 0 Å². The lowest BCUT2D eigenvalue weighted by molar-refractivity contribution is -0.132. The van der Waals surface area contributed by atoms with Crippen LogP contribution in [0.2, 0.25) is 0 Å². The zero-order valence-corrected chi connectivity index (χ0v) is 7.76. The lowest BCUT2D eigenvalue weighted by Crippen LogP contribution is -2.07. The van der Waals surface area contributed by atoms with E-state index in [1.807, 2.05) is 0 Å². The van der Waals surface area contributed by atoms with Gasteiger partial charge in [0, 0.05) is 6.54 Å². The van der Waals surface area contributed by atoms with E-state index >= 15 is 0 Å². The van der Waals surface area contributed by atoms with Crippen LogP contribution in [0, 0.1) is 0 Å². The van der Waals surface area contributed by atoms with E-state index in [0.29, 0.717) is 19.6 Å².